The van der Waals surface area contributed by atoms with Crippen LogP contribution in [0.25, 0.3) is 0 Å². The van der Waals surface area contributed by atoms with E-state index in [1.54, 1.807) is 17.4 Å². The summed E-state index contributed by atoms with van der Waals surface area (Å²) in [6.07, 6.45) is 0.506. The maximum Gasteiger partial charge on any atom is 0.127 e. The van der Waals surface area contributed by atoms with E-state index in [4.69, 9.17) is 5.73 Å². The Kier molecular flexibility index (Phi) is 4.36. The van der Waals surface area contributed by atoms with Gasteiger partial charge < -0.3 is 5.73 Å². The molecule has 2 aromatic rings. The van der Waals surface area contributed by atoms with Gasteiger partial charge in [-0.25, -0.2) is 4.39 Å². The summed E-state index contributed by atoms with van der Waals surface area (Å²) in [5.41, 5.74) is 6.70. The maximum atomic E-state index is 13.6. The molecule has 0 aliphatic rings. The van der Waals surface area contributed by atoms with Crippen molar-refractivity contribution in [1.29, 1.82) is 0 Å². The zero-order valence-corrected chi connectivity index (χ0v) is 12.8. The van der Waals surface area contributed by atoms with Crippen LogP contribution in [0.1, 0.15) is 16.5 Å². The van der Waals surface area contributed by atoms with Crippen LogP contribution >= 0.6 is 43.2 Å². The van der Waals surface area contributed by atoms with Gasteiger partial charge in [-0.3, -0.25) is 0 Å². The van der Waals surface area contributed by atoms with Gasteiger partial charge in [0.15, 0.2) is 0 Å². The topological polar surface area (TPSA) is 26.0 Å². The zero-order chi connectivity index (χ0) is 12.4. The number of rotatable bonds is 3. The molecule has 2 N–H and O–H groups in total. The van der Waals surface area contributed by atoms with Gasteiger partial charge in [0.25, 0.3) is 0 Å². The van der Waals surface area contributed by atoms with E-state index >= 15 is 0 Å². The van der Waals surface area contributed by atoms with Gasteiger partial charge in [0.1, 0.15) is 5.82 Å². The van der Waals surface area contributed by atoms with Crippen LogP contribution < -0.4 is 5.73 Å². The molecule has 0 saturated carbocycles. The molecular formula is C12H10Br2FNS. The van der Waals surface area contributed by atoms with E-state index < -0.39 is 0 Å². The molecule has 1 unspecified atom stereocenters. The van der Waals surface area contributed by atoms with Crippen molar-refractivity contribution >= 4 is 43.2 Å². The fourth-order valence-corrected chi connectivity index (χ4v) is 3.33. The maximum absolute atomic E-state index is 13.6. The first kappa shape index (κ1) is 13.2. The molecule has 5 heteroatoms. The van der Waals surface area contributed by atoms with E-state index in [-0.39, 0.29) is 11.9 Å². The monoisotopic (exact) mass is 377 g/mol. The van der Waals surface area contributed by atoms with Crippen molar-refractivity contribution in [3.8, 4) is 0 Å². The number of halogens is 3. The first-order valence-corrected chi connectivity index (χ1v) is 7.46. The van der Waals surface area contributed by atoms with Crippen LogP contribution in [0, 0.1) is 5.82 Å². The molecule has 1 atom stereocenters. The first-order chi connectivity index (χ1) is 8.06. The highest BCUT2D eigenvalue weighted by Crippen LogP contribution is 2.27. The van der Waals surface area contributed by atoms with Crippen LogP contribution in [0.3, 0.4) is 0 Å². The predicted octanol–water partition coefficient (Wildman–Crippen LogP) is 4.65. The number of thiophene rings is 1. The number of hydrogen-bond donors (Lipinski definition) is 1. The van der Waals surface area contributed by atoms with E-state index in [0.29, 0.717) is 12.0 Å². The van der Waals surface area contributed by atoms with Crippen LogP contribution in [0.2, 0.25) is 0 Å². The quantitative estimate of drug-likeness (QED) is 0.826. The Labute approximate surface area is 120 Å². The molecule has 0 fully saturated rings. The second-order valence-electron chi connectivity index (χ2n) is 3.71. The fourth-order valence-electron chi connectivity index (χ4n) is 1.55. The highest BCUT2D eigenvalue weighted by molar-refractivity contribution is 9.10. The molecule has 0 radical (unpaired) electrons. The third kappa shape index (κ3) is 3.37. The number of hydrogen-bond acceptors (Lipinski definition) is 2. The molecule has 0 aliphatic heterocycles. The second kappa shape index (κ2) is 5.61. The molecule has 0 saturated heterocycles. The standard InChI is InChI=1S/C12H10Br2FNS/c13-8-2-1-7(10(15)4-8)3-11(16)12-5-9(14)6-17-12/h1-2,4-6,11H,3,16H2. The molecule has 1 aromatic heterocycles. The van der Waals surface area contributed by atoms with Gasteiger partial charge in [0, 0.05) is 25.2 Å². The van der Waals surface area contributed by atoms with E-state index in [1.165, 1.54) is 6.07 Å². The molecule has 90 valence electrons. The van der Waals surface area contributed by atoms with Crippen molar-refractivity contribution in [2.24, 2.45) is 5.73 Å². The SMILES string of the molecule is NC(Cc1ccc(Br)cc1F)c1cc(Br)cs1. The van der Waals surface area contributed by atoms with Crippen LogP contribution in [-0.4, -0.2) is 0 Å². The molecule has 1 heterocycles. The molecule has 2 rings (SSSR count). The van der Waals surface area contributed by atoms with Crippen molar-refractivity contribution in [2.45, 2.75) is 12.5 Å². The van der Waals surface area contributed by atoms with Crippen molar-refractivity contribution in [1.82, 2.24) is 0 Å². The largest absolute Gasteiger partial charge is 0.323 e. The lowest BCUT2D eigenvalue weighted by atomic mass is 10.1. The molecule has 0 amide bonds. The van der Waals surface area contributed by atoms with Gasteiger partial charge in [-0.05, 0) is 46.1 Å². The summed E-state index contributed by atoms with van der Waals surface area (Å²) in [7, 11) is 0. The first-order valence-electron chi connectivity index (χ1n) is 4.99. The lowest BCUT2D eigenvalue weighted by Crippen LogP contribution is -2.12. The van der Waals surface area contributed by atoms with Crippen LogP contribution in [0.5, 0.6) is 0 Å². The van der Waals surface area contributed by atoms with E-state index in [2.05, 4.69) is 31.9 Å². The Hall–Kier alpha value is -0.230. The Balaban J connectivity index is 2.15. The Bertz CT molecular complexity index is 527. The van der Waals surface area contributed by atoms with Gasteiger partial charge in [0.2, 0.25) is 0 Å². The van der Waals surface area contributed by atoms with Crippen LogP contribution in [-0.2, 0) is 6.42 Å². The molecule has 17 heavy (non-hydrogen) atoms. The predicted molar refractivity (Wildman–Crippen MR) is 76.8 cm³/mol. The Morgan fingerprint density at radius 1 is 1.24 bits per heavy atom. The second-order valence-corrected chi connectivity index (χ2v) is 6.49. The van der Waals surface area contributed by atoms with Gasteiger partial charge in [-0.1, -0.05) is 22.0 Å². The molecule has 0 aliphatic carbocycles. The third-order valence-electron chi connectivity index (χ3n) is 2.41. The van der Waals surface area contributed by atoms with E-state index in [1.807, 2.05) is 17.5 Å². The van der Waals surface area contributed by atoms with Crippen molar-refractivity contribution in [3.05, 3.63) is 54.8 Å². The molecule has 0 spiro atoms. The molecular weight excluding hydrogens is 369 g/mol. The Morgan fingerprint density at radius 2 is 2.00 bits per heavy atom. The van der Waals surface area contributed by atoms with E-state index in [0.717, 1.165) is 13.8 Å². The lowest BCUT2D eigenvalue weighted by molar-refractivity contribution is 0.594. The minimum atomic E-state index is -0.217. The summed E-state index contributed by atoms with van der Waals surface area (Å²) in [6, 6.07) is 6.87. The normalized spacial score (nSPS) is 12.7. The molecule has 0 bridgehead atoms. The highest BCUT2D eigenvalue weighted by Gasteiger charge is 2.12. The van der Waals surface area contributed by atoms with Crippen LogP contribution in [0.4, 0.5) is 4.39 Å². The summed E-state index contributed by atoms with van der Waals surface area (Å²) in [5.74, 6) is -0.217. The van der Waals surface area contributed by atoms with Gasteiger partial charge in [-0.15, -0.1) is 11.3 Å². The summed E-state index contributed by atoms with van der Waals surface area (Å²) in [5, 5.41) is 1.98. The average Bonchev–Trinajstić information content (AvgIpc) is 2.69. The molecule has 1 nitrogen and oxygen atoms in total. The van der Waals surface area contributed by atoms with Crippen molar-refractivity contribution in [2.75, 3.05) is 0 Å². The van der Waals surface area contributed by atoms with Crippen molar-refractivity contribution in [3.63, 3.8) is 0 Å². The van der Waals surface area contributed by atoms with Gasteiger partial charge in [0.05, 0.1) is 0 Å². The highest BCUT2D eigenvalue weighted by atomic mass is 79.9. The number of nitrogens with two attached hydrogens (primary N) is 1. The van der Waals surface area contributed by atoms with E-state index in [9.17, 15) is 4.39 Å². The van der Waals surface area contributed by atoms with Gasteiger partial charge >= 0.3 is 0 Å². The van der Waals surface area contributed by atoms with Crippen molar-refractivity contribution < 1.29 is 4.39 Å². The minimum absolute atomic E-state index is 0.165. The molecule has 1 aromatic carbocycles. The lowest BCUT2D eigenvalue weighted by Gasteiger charge is -2.10. The average molecular weight is 379 g/mol. The third-order valence-corrected chi connectivity index (χ3v) is 4.73. The zero-order valence-electron chi connectivity index (χ0n) is 8.79. The number of benzene rings is 1. The summed E-state index contributed by atoms with van der Waals surface area (Å²) < 4.78 is 15.4. The summed E-state index contributed by atoms with van der Waals surface area (Å²) in [6.45, 7) is 0. The van der Waals surface area contributed by atoms with Crippen LogP contribution in [0.15, 0.2) is 38.6 Å². The smallest absolute Gasteiger partial charge is 0.127 e. The summed E-state index contributed by atoms with van der Waals surface area (Å²) >= 11 is 8.20. The fraction of sp³-hybridized carbons (Fsp3) is 0.167. The Morgan fingerprint density at radius 3 is 2.59 bits per heavy atom. The minimum Gasteiger partial charge on any atom is -0.323 e. The summed E-state index contributed by atoms with van der Waals surface area (Å²) in [4.78, 5) is 1.05. The van der Waals surface area contributed by atoms with Gasteiger partial charge in [-0.2, -0.15) is 0 Å².